The highest BCUT2D eigenvalue weighted by molar-refractivity contribution is 7.99. The largest absolute Gasteiger partial charge is 0.396 e. The summed E-state index contributed by atoms with van der Waals surface area (Å²) in [5.74, 6) is 0.675. The standard InChI is InChI=1S/C7H8ClNOS/c8-6-1-2-7(9-5-6)11-4-3-10/h1-2,5,10H,3-4H2. The molecule has 0 aromatic carbocycles. The maximum Gasteiger partial charge on any atom is 0.0961 e. The van der Waals surface area contributed by atoms with Crippen LogP contribution in [0.1, 0.15) is 0 Å². The van der Waals surface area contributed by atoms with Gasteiger partial charge in [-0.3, -0.25) is 0 Å². The Morgan fingerprint density at radius 3 is 2.91 bits per heavy atom. The zero-order valence-corrected chi connectivity index (χ0v) is 7.40. The number of aliphatic hydroxyl groups excluding tert-OH is 1. The molecule has 11 heavy (non-hydrogen) atoms. The highest BCUT2D eigenvalue weighted by Crippen LogP contribution is 2.16. The molecule has 0 unspecified atom stereocenters. The summed E-state index contributed by atoms with van der Waals surface area (Å²) in [6.45, 7) is 0.176. The van der Waals surface area contributed by atoms with E-state index in [0.717, 1.165) is 5.03 Å². The van der Waals surface area contributed by atoms with E-state index in [1.54, 1.807) is 12.3 Å². The summed E-state index contributed by atoms with van der Waals surface area (Å²) in [4.78, 5) is 4.04. The Morgan fingerprint density at radius 1 is 1.55 bits per heavy atom. The SMILES string of the molecule is OCCSc1ccc(Cl)cn1. The average molecular weight is 190 g/mol. The molecule has 0 spiro atoms. The van der Waals surface area contributed by atoms with Crippen LogP contribution in [0.3, 0.4) is 0 Å². The smallest absolute Gasteiger partial charge is 0.0961 e. The predicted molar refractivity (Wildman–Crippen MR) is 47.1 cm³/mol. The number of halogens is 1. The Labute approximate surface area is 74.6 Å². The Balaban J connectivity index is 2.52. The van der Waals surface area contributed by atoms with E-state index in [2.05, 4.69) is 4.98 Å². The van der Waals surface area contributed by atoms with E-state index in [4.69, 9.17) is 16.7 Å². The number of rotatable bonds is 3. The number of hydrogen-bond donors (Lipinski definition) is 1. The van der Waals surface area contributed by atoms with Crippen molar-refractivity contribution in [3.8, 4) is 0 Å². The summed E-state index contributed by atoms with van der Waals surface area (Å²) in [7, 11) is 0. The molecular formula is C7H8ClNOS. The number of pyridine rings is 1. The highest BCUT2D eigenvalue weighted by atomic mass is 35.5. The second-order valence-corrected chi connectivity index (χ2v) is 3.44. The molecule has 0 saturated heterocycles. The third-order valence-electron chi connectivity index (χ3n) is 1.04. The molecule has 60 valence electrons. The molecule has 1 aromatic heterocycles. The van der Waals surface area contributed by atoms with Crippen molar-refractivity contribution in [3.63, 3.8) is 0 Å². The van der Waals surface area contributed by atoms with Crippen LogP contribution < -0.4 is 0 Å². The van der Waals surface area contributed by atoms with Crippen LogP contribution in [-0.4, -0.2) is 22.5 Å². The van der Waals surface area contributed by atoms with Gasteiger partial charge >= 0.3 is 0 Å². The number of thioether (sulfide) groups is 1. The van der Waals surface area contributed by atoms with Gasteiger partial charge in [0.2, 0.25) is 0 Å². The van der Waals surface area contributed by atoms with Gasteiger partial charge in [0.05, 0.1) is 16.7 Å². The van der Waals surface area contributed by atoms with E-state index in [0.29, 0.717) is 10.8 Å². The molecule has 2 nitrogen and oxygen atoms in total. The van der Waals surface area contributed by atoms with Gasteiger partial charge in [0.15, 0.2) is 0 Å². The Hall–Kier alpha value is -0.250. The molecule has 1 rings (SSSR count). The molecule has 0 aliphatic heterocycles. The van der Waals surface area contributed by atoms with Gasteiger partial charge in [0, 0.05) is 11.9 Å². The van der Waals surface area contributed by atoms with Gasteiger partial charge in [-0.15, -0.1) is 11.8 Å². The Kier molecular flexibility index (Phi) is 3.69. The monoisotopic (exact) mass is 189 g/mol. The molecule has 0 saturated carbocycles. The van der Waals surface area contributed by atoms with Crippen LogP contribution in [0, 0.1) is 0 Å². The summed E-state index contributed by atoms with van der Waals surface area (Å²) in [6.07, 6.45) is 1.60. The first kappa shape index (κ1) is 8.84. The van der Waals surface area contributed by atoms with E-state index in [9.17, 15) is 0 Å². The maximum atomic E-state index is 8.51. The van der Waals surface area contributed by atoms with Crippen LogP contribution in [0.15, 0.2) is 23.4 Å². The molecule has 1 N–H and O–H groups in total. The fourth-order valence-electron chi connectivity index (χ4n) is 0.598. The second kappa shape index (κ2) is 4.59. The normalized spacial score (nSPS) is 10.0. The van der Waals surface area contributed by atoms with E-state index in [1.807, 2.05) is 6.07 Å². The van der Waals surface area contributed by atoms with E-state index >= 15 is 0 Å². The van der Waals surface area contributed by atoms with Crippen LogP contribution in [0.4, 0.5) is 0 Å². The quantitative estimate of drug-likeness (QED) is 0.737. The van der Waals surface area contributed by atoms with Crippen molar-refractivity contribution in [2.24, 2.45) is 0 Å². The average Bonchev–Trinajstić information content (AvgIpc) is 2.04. The lowest BCUT2D eigenvalue weighted by Gasteiger charge is -1.96. The van der Waals surface area contributed by atoms with Crippen LogP contribution in [0.25, 0.3) is 0 Å². The molecule has 0 aliphatic rings. The lowest BCUT2D eigenvalue weighted by atomic mass is 10.5. The number of aliphatic hydroxyl groups is 1. The summed E-state index contributed by atoms with van der Waals surface area (Å²) in [6, 6.07) is 3.62. The molecule has 1 aromatic rings. The topological polar surface area (TPSA) is 33.1 Å². The molecule has 0 aliphatic carbocycles. The zero-order chi connectivity index (χ0) is 8.10. The van der Waals surface area contributed by atoms with Gasteiger partial charge in [0.25, 0.3) is 0 Å². The lowest BCUT2D eigenvalue weighted by molar-refractivity contribution is 0.322. The van der Waals surface area contributed by atoms with Gasteiger partial charge < -0.3 is 5.11 Å². The first-order valence-electron chi connectivity index (χ1n) is 3.18. The van der Waals surface area contributed by atoms with E-state index < -0.39 is 0 Å². The van der Waals surface area contributed by atoms with Crippen molar-refractivity contribution >= 4 is 23.4 Å². The summed E-state index contributed by atoms with van der Waals surface area (Å²) >= 11 is 7.13. The van der Waals surface area contributed by atoms with Crippen LogP contribution in [0.5, 0.6) is 0 Å². The minimum Gasteiger partial charge on any atom is -0.396 e. The Morgan fingerprint density at radius 2 is 2.36 bits per heavy atom. The van der Waals surface area contributed by atoms with Crippen molar-refractivity contribution in [2.75, 3.05) is 12.4 Å². The van der Waals surface area contributed by atoms with Gasteiger partial charge in [-0.05, 0) is 12.1 Å². The first-order chi connectivity index (χ1) is 5.33. The number of aromatic nitrogens is 1. The summed E-state index contributed by atoms with van der Waals surface area (Å²) in [5.41, 5.74) is 0. The Bertz CT molecular complexity index is 214. The number of nitrogens with zero attached hydrogens (tertiary/aromatic N) is 1. The molecule has 1 heterocycles. The van der Waals surface area contributed by atoms with Crippen molar-refractivity contribution in [2.45, 2.75) is 5.03 Å². The van der Waals surface area contributed by atoms with Crippen molar-refractivity contribution in [1.29, 1.82) is 0 Å². The minimum absolute atomic E-state index is 0.176. The molecule has 0 fully saturated rings. The fraction of sp³-hybridized carbons (Fsp3) is 0.286. The van der Waals surface area contributed by atoms with Crippen LogP contribution in [0.2, 0.25) is 5.02 Å². The molecule has 0 amide bonds. The molecule has 0 radical (unpaired) electrons. The van der Waals surface area contributed by atoms with Crippen LogP contribution >= 0.6 is 23.4 Å². The van der Waals surface area contributed by atoms with Crippen molar-refractivity contribution in [3.05, 3.63) is 23.4 Å². The zero-order valence-electron chi connectivity index (χ0n) is 5.83. The molecule has 4 heteroatoms. The third-order valence-corrected chi connectivity index (χ3v) is 2.19. The lowest BCUT2D eigenvalue weighted by Crippen LogP contribution is -1.86. The van der Waals surface area contributed by atoms with Crippen molar-refractivity contribution in [1.82, 2.24) is 4.98 Å². The van der Waals surface area contributed by atoms with Gasteiger partial charge in [-0.25, -0.2) is 4.98 Å². The minimum atomic E-state index is 0.176. The molecule has 0 atom stereocenters. The van der Waals surface area contributed by atoms with Crippen molar-refractivity contribution < 1.29 is 5.11 Å². The first-order valence-corrected chi connectivity index (χ1v) is 4.54. The predicted octanol–water partition coefficient (Wildman–Crippen LogP) is 1.82. The second-order valence-electron chi connectivity index (χ2n) is 1.89. The van der Waals surface area contributed by atoms with E-state index in [1.165, 1.54) is 11.8 Å². The highest BCUT2D eigenvalue weighted by Gasteiger charge is 1.93. The summed E-state index contributed by atoms with van der Waals surface area (Å²) in [5, 5.41) is 10.0. The number of hydrogen-bond acceptors (Lipinski definition) is 3. The van der Waals surface area contributed by atoms with E-state index in [-0.39, 0.29) is 6.61 Å². The third kappa shape index (κ3) is 3.10. The van der Waals surface area contributed by atoms with Gasteiger partial charge in [-0.2, -0.15) is 0 Å². The maximum absolute atomic E-state index is 8.51. The van der Waals surface area contributed by atoms with Gasteiger partial charge in [0.1, 0.15) is 0 Å². The fourth-order valence-corrected chi connectivity index (χ4v) is 1.30. The molecular weight excluding hydrogens is 182 g/mol. The van der Waals surface area contributed by atoms with Gasteiger partial charge in [-0.1, -0.05) is 11.6 Å². The van der Waals surface area contributed by atoms with Crippen LogP contribution in [-0.2, 0) is 0 Å². The molecule has 0 bridgehead atoms. The summed E-state index contributed by atoms with van der Waals surface area (Å²) < 4.78 is 0.